The topological polar surface area (TPSA) is 98.9 Å². The van der Waals surface area contributed by atoms with Crippen LogP contribution in [0.3, 0.4) is 0 Å². The molecule has 0 radical (unpaired) electrons. The molecule has 2 amide bonds. The molecule has 1 atom stereocenters. The molecule has 1 aromatic rings. The molecule has 7 nitrogen and oxygen atoms in total. The van der Waals surface area contributed by atoms with Crippen LogP contribution in [0.15, 0.2) is 24.3 Å². The van der Waals surface area contributed by atoms with E-state index in [1.807, 2.05) is 20.8 Å². The van der Waals surface area contributed by atoms with Gasteiger partial charge in [0.15, 0.2) is 0 Å². The number of rotatable bonds is 4. The van der Waals surface area contributed by atoms with Crippen LogP contribution >= 0.6 is 0 Å². The minimum atomic E-state index is -0.568. The van der Waals surface area contributed by atoms with Crippen LogP contribution in [0, 0.1) is 5.92 Å². The normalized spacial score (nSPS) is 17.5. The van der Waals surface area contributed by atoms with Crippen molar-refractivity contribution < 1.29 is 23.9 Å². The number of amides is 2. The molecule has 0 unspecified atom stereocenters. The molecule has 26 heavy (non-hydrogen) atoms. The van der Waals surface area contributed by atoms with E-state index < -0.39 is 17.6 Å². The molecule has 1 heterocycles. The Morgan fingerprint density at radius 1 is 1.19 bits per heavy atom. The molecule has 1 saturated heterocycles. The Morgan fingerprint density at radius 3 is 2.42 bits per heavy atom. The fourth-order valence-corrected chi connectivity index (χ4v) is 2.70. The summed E-state index contributed by atoms with van der Waals surface area (Å²) in [6, 6.07) is 6.58. The third kappa shape index (κ3) is 5.75. The molecule has 0 aromatic heterocycles. The maximum absolute atomic E-state index is 12.3. The zero-order valence-corrected chi connectivity index (χ0v) is 15.5. The predicted molar refractivity (Wildman–Crippen MR) is 95.3 cm³/mol. The Morgan fingerprint density at radius 2 is 1.85 bits per heavy atom. The maximum atomic E-state index is 12.3. The molecule has 0 bridgehead atoms. The van der Waals surface area contributed by atoms with Crippen molar-refractivity contribution in [3.05, 3.63) is 35.4 Å². The smallest absolute Gasteiger partial charge is 0.410 e. The SMILES string of the molecule is CC(C)(C)OC(=O)N1CCC[C@H](C(=O)OCc2ccc(C(N)=O)cc2)C1. The van der Waals surface area contributed by atoms with Crippen LogP contribution in [0.1, 0.15) is 49.5 Å². The van der Waals surface area contributed by atoms with E-state index in [1.54, 1.807) is 29.2 Å². The van der Waals surface area contributed by atoms with Gasteiger partial charge in [0.05, 0.1) is 5.92 Å². The van der Waals surface area contributed by atoms with Crippen molar-refractivity contribution >= 4 is 18.0 Å². The number of benzene rings is 1. The van der Waals surface area contributed by atoms with Crippen molar-refractivity contribution in [2.45, 2.75) is 45.8 Å². The number of nitrogens with zero attached hydrogens (tertiary/aromatic N) is 1. The highest BCUT2D eigenvalue weighted by Gasteiger charge is 2.31. The van der Waals surface area contributed by atoms with Crippen LogP contribution in [0.4, 0.5) is 4.79 Å². The summed E-state index contributed by atoms with van der Waals surface area (Å²) in [6.45, 7) is 6.42. The zero-order chi connectivity index (χ0) is 19.3. The average Bonchev–Trinajstić information content (AvgIpc) is 2.58. The third-order valence-electron chi connectivity index (χ3n) is 4.03. The van der Waals surface area contributed by atoms with Crippen LogP contribution < -0.4 is 5.73 Å². The minimum Gasteiger partial charge on any atom is -0.461 e. The number of carbonyl (C=O) groups excluding carboxylic acids is 3. The molecule has 142 valence electrons. The van der Waals surface area contributed by atoms with E-state index in [-0.39, 0.29) is 18.5 Å². The number of ether oxygens (including phenoxy) is 2. The van der Waals surface area contributed by atoms with Gasteiger partial charge >= 0.3 is 12.1 Å². The predicted octanol–water partition coefficient (Wildman–Crippen LogP) is 2.48. The van der Waals surface area contributed by atoms with Crippen LogP contribution in [0.5, 0.6) is 0 Å². The fourth-order valence-electron chi connectivity index (χ4n) is 2.70. The average molecular weight is 362 g/mol. The van der Waals surface area contributed by atoms with E-state index in [4.69, 9.17) is 15.2 Å². The van der Waals surface area contributed by atoms with Gasteiger partial charge in [-0.1, -0.05) is 12.1 Å². The molecule has 1 aliphatic rings. The lowest BCUT2D eigenvalue weighted by atomic mass is 9.98. The molecule has 1 aromatic carbocycles. The number of primary amides is 1. The second-order valence-corrected chi connectivity index (χ2v) is 7.43. The summed E-state index contributed by atoms with van der Waals surface area (Å²) >= 11 is 0. The van der Waals surface area contributed by atoms with E-state index >= 15 is 0 Å². The lowest BCUT2D eigenvalue weighted by molar-refractivity contribution is -0.151. The van der Waals surface area contributed by atoms with Crippen LogP contribution in [0.25, 0.3) is 0 Å². The molecule has 0 aliphatic carbocycles. The summed E-state index contributed by atoms with van der Waals surface area (Å²) in [6.07, 6.45) is 1.00. The van der Waals surface area contributed by atoms with Gasteiger partial charge in [-0.25, -0.2) is 4.79 Å². The van der Waals surface area contributed by atoms with Gasteiger partial charge in [-0.3, -0.25) is 9.59 Å². The van der Waals surface area contributed by atoms with Gasteiger partial charge in [-0.2, -0.15) is 0 Å². The van der Waals surface area contributed by atoms with Gasteiger partial charge in [0.25, 0.3) is 0 Å². The van der Waals surface area contributed by atoms with Crippen molar-refractivity contribution in [1.29, 1.82) is 0 Å². The Kier molecular flexibility index (Phi) is 6.23. The van der Waals surface area contributed by atoms with Crippen molar-refractivity contribution in [3.8, 4) is 0 Å². The van der Waals surface area contributed by atoms with Crippen molar-refractivity contribution in [2.75, 3.05) is 13.1 Å². The van der Waals surface area contributed by atoms with E-state index in [2.05, 4.69) is 0 Å². The second-order valence-electron chi connectivity index (χ2n) is 7.43. The number of esters is 1. The minimum absolute atomic E-state index is 0.112. The van der Waals surface area contributed by atoms with Gasteiger partial charge in [0.2, 0.25) is 5.91 Å². The number of nitrogens with two attached hydrogens (primary N) is 1. The highest BCUT2D eigenvalue weighted by Crippen LogP contribution is 2.21. The number of hydrogen-bond acceptors (Lipinski definition) is 5. The standard InChI is InChI=1S/C19H26N2O5/c1-19(2,3)26-18(24)21-10-4-5-15(11-21)17(23)25-12-13-6-8-14(9-7-13)16(20)22/h6-9,15H,4-5,10-12H2,1-3H3,(H2,20,22)/t15-/m0/s1. The van der Waals surface area contributed by atoms with Crippen LogP contribution in [-0.2, 0) is 20.9 Å². The van der Waals surface area contributed by atoms with Crippen molar-refractivity contribution in [1.82, 2.24) is 4.90 Å². The number of hydrogen-bond donors (Lipinski definition) is 1. The van der Waals surface area contributed by atoms with Crippen molar-refractivity contribution in [2.24, 2.45) is 11.7 Å². The number of carbonyl (C=O) groups is 3. The molecule has 7 heteroatoms. The van der Waals surface area contributed by atoms with Gasteiger partial charge in [-0.05, 0) is 51.3 Å². The maximum Gasteiger partial charge on any atom is 0.410 e. The molecule has 0 spiro atoms. The molecule has 1 fully saturated rings. The van der Waals surface area contributed by atoms with Crippen molar-refractivity contribution in [3.63, 3.8) is 0 Å². The first-order chi connectivity index (χ1) is 12.2. The quantitative estimate of drug-likeness (QED) is 0.830. The summed E-state index contributed by atoms with van der Waals surface area (Å²) in [5, 5.41) is 0. The first-order valence-corrected chi connectivity index (χ1v) is 8.69. The summed E-state index contributed by atoms with van der Waals surface area (Å²) < 4.78 is 10.7. The van der Waals surface area contributed by atoms with E-state index in [1.165, 1.54) is 0 Å². The summed E-state index contributed by atoms with van der Waals surface area (Å²) in [5.74, 6) is -1.20. The molecular weight excluding hydrogens is 336 g/mol. The van der Waals surface area contributed by atoms with Gasteiger partial charge in [-0.15, -0.1) is 0 Å². The Hall–Kier alpha value is -2.57. The molecule has 2 N–H and O–H groups in total. The summed E-state index contributed by atoms with van der Waals surface area (Å²) in [5.41, 5.74) is 5.79. The van der Waals surface area contributed by atoms with Crippen LogP contribution in [0.2, 0.25) is 0 Å². The van der Waals surface area contributed by atoms with Crippen LogP contribution in [-0.4, -0.2) is 41.6 Å². The second kappa shape index (κ2) is 8.21. The third-order valence-corrected chi connectivity index (χ3v) is 4.03. The van der Waals surface area contributed by atoms with E-state index in [9.17, 15) is 14.4 Å². The Balaban J connectivity index is 1.86. The lowest BCUT2D eigenvalue weighted by Gasteiger charge is -2.33. The molecule has 0 saturated carbocycles. The molecule has 1 aliphatic heterocycles. The van der Waals surface area contributed by atoms with E-state index in [0.29, 0.717) is 25.1 Å². The molecule has 2 rings (SSSR count). The zero-order valence-electron chi connectivity index (χ0n) is 15.5. The summed E-state index contributed by atoms with van der Waals surface area (Å²) in [4.78, 5) is 37.1. The van der Waals surface area contributed by atoms with Gasteiger partial charge in [0, 0.05) is 18.7 Å². The number of likely N-dealkylation sites (tertiary alicyclic amines) is 1. The first-order valence-electron chi connectivity index (χ1n) is 8.69. The summed E-state index contributed by atoms with van der Waals surface area (Å²) in [7, 11) is 0. The largest absolute Gasteiger partial charge is 0.461 e. The molecular formula is C19H26N2O5. The van der Waals surface area contributed by atoms with E-state index in [0.717, 1.165) is 12.0 Å². The van der Waals surface area contributed by atoms with Gasteiger partial charge < -0.3 is 20.1 Å². The highest BCUT2D eigenvalue weighted by atomic mass is 16.6. The fraction of sp³-hybridized carbons (Fsp3) is 0.526. The Labute approximate surface area is 153 Å². The highest BCUT2D eigenvalue weighted by molar-refractivity contribution is 5.92. The first kappa shape index (κ1) is 19.8. The lowest BCUT2D eigenvalue weighted by Crippen LogP contribution is -2.45. The monoisotopic (exact) mass is 362 g/mol. The number of piperidine rings is 1. The Bertz CT molecular complexity index is 664. The van der Waals surface area contributed by atoms with Gasteiger partial charge in [0.1, 0.15) is 12.2 Å².